The molecule has 2 N–H and O–H groups in total. The van der Waals surface area contributed by atoms with Crippen molar-refractivity contribution in [3.05, 3.63) is 34.9 Å². The van der Waals surface area contributed by atoms with E-state index in [1.807, 2.05) is 45.9 Å². The highest BCUT2D eigenvalue weighted by Gasteiger charge is 2.43. The first-order chi connectivity index (χ1) is 18.3. The maximum Gasteiger partial charge on any atom is 0.408 e. The van der Waals surface area contributed by atoms with Crippen LogP contribution in [0.4, 0.5) is 4.79 Å². The number of carbonyl (C=O) groups is 4. The van der Waals surface area contributed by atoms with Gasteiger partial charge in [0, 0.05) is 12.6 Å². The van der Waals surface area contributed by atoms with Gasteiger partial charge in [-0.25, -0.2) is 4.79 Å². The predicted octanol–water partition coefficient (Wildman–Crippen LogP) is 4.73. The average molecular weight is 546 g/mol. The molecule has 1 saturated carbocycles. The number of hydrogen-bond donors (Lipinski definition) is 2. The fourth-order valence-electron chi connectivity index (χ4n) is 4.57. The van der Waals surface area contributed by atoms with Crippen LogP contribution in [-0.2, 0) is 23.9 Å². The standard InChI is InChI=1S/C30H47N3O6/c1-9-19(3)25(32-29(37)39-30(6,7)8)28(36)33(22-14-12-15-22)26(23-16-11-13-20(4)21(23)5)27(35)31-18-17-24(34)38-10-2/h11,13,16,19,22,25-26H,9-10,12,14-15,17-18H2,1-8H3,(H,31,35)(H,32,37). The third kappa shape index (κ3) is 8.97. The quantitative estimate of drug-likeness (QED) is 0.367. The second-order valence-corrected chi connectivity index (χ2v) is 11.4. The van der Waals surface area contributed by atoms with E-state index in [9.17, 15) is 19.2 Å². The number of aryl methyl sites for hydroxylation is 1. The monoisotopic (exact) mass is 545 g/mol. The summed E-state index contributed by atoms with van der Waals surface area (Å²) >= 11 is 0. The van der Waals surface area contributed by atoms with Crippen molar-refractivity contribution in [2.75, 3.05) is 13.2 Å². The predicted molar refractivity (Wildman–Crippen MR) is 150 cm³/mol. The molecule has 0 saturated heterocycles. The molecule has 0 radical (unpaired) electrons. The third-order valence-corrected chi connectivity index (χ3v) is 7.28. The molecule has 9 heteroatoms. The van der Waals surface area contributed by atoms with Crippen molar-refractivity contribution in [2.24, 2.45) is 5.92 Å². The fourth-order valence-corrected chi connectivity index (χ4v) is 4.57. The summed E-state index contributed by atoms with van der Waals surface area (Å²) in [4.78, 5) is 54.5. The molecule has 1 fully saturated rings. The molecule has 0 aromatic heterocycles. The third-order valence-electron chi connectivity index (χ3n) is 7.28. The summed E-state index contributed by atoms with van der Waals surface area (Å²) in [5, 5.41) is 5.67. The lowest BCUT2D eigenvalue weighted by Crippen LogP contribution is -2.59. The minimum Gasteiger partial charge on any atom is -0.466 e. The molecule has 9 nitrogen and oxygen atoms in total. The lowest BCUT2D eigenvalue weighted by Gasteiger charge is -2.44. The molecule has 218 valence electrons. The van der Waals surface area contributed by atoms with Gasteiger partial charge in [0.1, 0.15) is 17.7 Å². The Hall–Kier alpha value is -3.10. The van der Waals surface area contributed by atoms with Crippen LogP contribution < -0.4 is 10.6 Å². The molecular weight excluding hydrogens is 498 g/mol. The number of alkyl carbamates (subject to hydrolysis) is 1. The second kappa shape index (κ2) is 14.3. The minimum absolute atomic E-state index is 0.0339. The van der Waals surface area contributed by atoms with Crippen molar-refractivity contribution in [1.82, 2.24) is 15.5 Å². The maximum atomic E-state index is 14.4. The van der Waals surface area contributed by atoms with Gasteiger partial charge in [0.25, 0.3) is 0 Å². The van der Waals surface area contributed by atoms with Crippen molar-refractivity contribution in [3.63, 3.8) is 0 Å². The molecule has 3 unspecified atom stereocenters. The van der Waals surface area contributed by atoms with Crippen molar-refractivity contribution >= 4 is 23.9 Å². The SMILES string of the molecule is CCOC(=O)CCNC(=O)C(c1cccc(C)c1C)N(C(=O)C(NC(=O)OC(C)(C)C)C(C)CC)C1CCC1. The lowest BCUT2D eigenvalue weighted by molar-refractivity contribution is -0.149. The molecule has 2 rings (SSSR count). The van der Waals surface area contributed by atoms with Crippen LogP contribution in [0.25, 0.3) is 0 Å². The summed E-state index contributed by atoms with van der Waals surface area (Å²) in [5.41, 5.74) is 1.92. The largest absolute Gasteiger partial charge is 0.466 e. The molecule has 0 heterocycles. The molecule has 1 aliphatic rings. The van der Waals surface area contributed by atoms with Gasteiger partial charge in [-0.3, -0.25) is 14.4 Å². The summed E-state index contributed by atoms with van der Waals surface area (Å²) in [5.74, 6) is -1.27. The zero-order chi connectivity index (χ0) is 29.3. The van der Waals surface area contributed by atoms with Gasteiger partial charge in [0.2, 0.25) is 11.8 Å². The second-order valence-electron chi connectivity index (χ2n) is 11.4. The van der Waals surface area contributed by atoms with E-state index in [1.165, 1.54) is 0 Å². The van der Waals surface area contributed by atoms with Gasteiger partial charge >= 0.3 is 12.1 Å². The van der Waals surface area contributed by atoms with Crippen LogP contribution in [0.5, 0.6) is 0 Å². The van der Waals surface area contributed by atoms with Gasteiger partial charge in [0.05, 0.1) is 13.0 Å². The highest BCUT2D eigenvalue weighted by atomic mass is 16.6. The van der Waals surface area contributed by atoms with E-state index in [0.29, 0.717) is 6.42 Å². The number of esters is 1. The van der Waals surface area contributed by atoms with Gasteiger partial charge in [-0.1, -0.05) is 38.5 Å². The highest BCUT2D eigenvalue weighted by Crippen LogP contribution is 2.36. The zero-order valence-electron chi connectivity index (χ0n) is 24.9. The van der Waals surface area contributed by atoms with Crippen molar-refractivity contribution in [3.8, 4) is 0 Å². The van der Waals surface area contributed by atoms with E-state index in [0.717, 1.165) is 36.0 Å². The number of nitrogens with one attached hydrogen (secondary N) is 2. The molecule has 0 spiro atoms. The first-order valence-electron chi connectivity index (χ1n) is 14.1. The molecule has 3 amide bonds. The molecule has 1 aliphatic carbocycles. The van der Waals surface area contributed by atoms with E-state index in [4.69, 9.17) is 9.47 Å². The Labute approximate surface area is 233 Å². The average Bonchev–Trinajstić information content (AvgIpc) is 2.81. The first-order valence-corrected chi connectivity index (χ1v) is 14.1. The highest BCUT2D eigenvalue weighted by molar-refractivity contribution is 5.93. The van der Waals surface area contributed by atoms with Crippen LogP contribution in [0, 0.1) is 19.8 Å². The van der Waals surface area contributed by atoms with Gasteiger partial charge < -0.3 is 25.0 Å². The topological polar surface area (TPSA) is 114 Å². The summed E-state index contributed by atoms with van der Waals surface area (Å²) in [6.45, 7) is 15.2. The Bertz CT molecular complexity index is 1010. The van der Waals surface area contributed by atoms with Crippen molar-refractivity contribution < 1.29 is 28.7 Å². The number of rotatable bonds is 12. The molecule has 1 aromatic rings. The van der Waals surface area contributed by atoms with Gasteiger partial charge in [0.15, 0.2) is 0 Å². The van der Waals surface area contributed by atoms with Crippen molar-refractivity contribution in [2.45, 2.75) is 111 Å². The van der Waals surface area contributed by atoms with Crippen LogP contribution in [0.3, 0.4) is 0 Å². The maximum absolute atomic E-state index is 14.4. The minimum atomic E-state index is -0.920. The fraction of sp³-hybridized carbons (Fsp3) is 0.667. The molecule has 3 atom stereocenters. The first kappa shape index (κ1) is 32.1. The zero-order valence-corrected chi connectivity index (χ0v) is 24.9. The lowest BCUT2D eigenvalue weighted by atomic mass is 9.85. The summed E-state index contributed by atoms with van der Waals surface area (Å²) in [6.07, 6.45) is 2.49. The molecular formula is C30H47N3O6. The van der Waals surface area contributed by atoms with Gasteiger partial charge in [-0.2, -0.15) is 0 Å². The number of benzene rings is 1. The Kier molecular flexibility index (Phi) is 11.8. The number of amides is 3. The Balaban J connectivity index is 2.50. The van der Waals surface area contributed by atoms with Crippen LogP contribution in [-0.4, -0.2) is 59.6 Å². The summed E-state index contributed by atoms with van der Waals surface area (Å²) < 4.78 is 10.5. The normalized spacial score (nSPS) is 15.8. The molecule has 0 bridgehead atoms. The Morgan fingerprint density at radius 2 is 1.77 bits per heavy atom. The van der Waals surface area contributed by atoms with Gasteiger partial charge in [-0.15, -0.1) is 0 Å². The van der Waals surface area contributed by atoms with Crippen LogP contribution in [0.2, 0.25) is 0 Å². The van der Waals surface area contributed by atoms with E-state index in [2.05, 4.69) is 10.6 Å². The Morgan fingerprint density at radius 1 is 1.10 bits per heavy atom. The summed E-state index contributed by atoms with van der Waals surface area (Å²) in [6, 6.07) is 3.78. The van der Waals surface area contributed by atoms with Crippen LogP contribution >= 0.6 is 0 Å². The molecule has 39 heavy (non-hydrogen) atoms. The van der Waals surface area contributed by atoms with E-state index >= 15 is 0 Å². The van der Waals surface area contributed by atoms with E-state index in [-0.39, 0.29) is 43.3 Å². The number of carbonyl (C=O) groups excluding carboxylic acids is 4. The van der Waals surface area contributed by atoms with E-state index in [1.54, 1.807) is 32.6 Å². The summed E-state index contributed by atoms with van der Waals surface area (Å²) in [7, 11) is 0. The smallest absolute Gasteiger partial charge is 0.408 e. The molecule has 1 aromatic carbocycles. The van der Waals surface area contributed by atoms with Crippen molar-refractivity contribution in [1.29, 1.82) is 0 Å². The Morgan fingerprint density at radius 3 is 2.31 bits per heavy atom. The van der Waals surface area contributed by atoms with Crippen LogP contribution in [0.15, 0.2) is 18.2 Å². The van der Waals surface area contributed by atoms with E-state index < -0.39 is 29.7 Å². The number of hydrogen-bond acceptors (Lipinski definition) is 6. The van der Waals surface area contributed by atoms with Gasteiger partial charge in [-0.05, 0) is 83.4 Å². The number of nitrogens with zero attached hydrogens (tertiary/aromatic N) is 1. The van der Waals surface area contributed by atoms with Crippen LogP contribution in [0.1, 0.15) is 96.4 Å². The molecule has 0 aliphatic heterocycles. The number of ether oxygens (including phenoxy) is 2.